The van der Waals surface area contributed by atoms with E-state index in [4.69, 9.17) is 14.9 Å². The van der Waals surface area contributed by atoms with E-state index in [0.29, 0.717) is 12.1 Å². The molecule has 0 aliphatic rings. The third-order valence-electron chi connectivity index (χ3n) is 2.46. The van der Waals surface area contributed by atoms with Gasteiger partial charge < -0.3 is 20.3 Å². The molecule has 1 atom stereocenters. The minimum absolute atomic E-state index is 0.0377. The highest BCUT2D eigenvalue weighted by Gasteiger charge is 2.23. The van der Waals surface area contributed by atoms with E-state index < -0.39 is 40.6 Å². The van der Waals surface area contributed by atoms with Gasteiger partial charge in [-0.2, -0.15) is 0 Å². The van der Waals surface area contributed by atoms with Gasteiger partial charge in [0.25, 0.3) is 5.69 Å². The summed E-state index contributed by atoms with van der Waals surface area (Å²) in [5.41, 5.74) is -1.62. The summed E-state index contributed by atoms with van der Waals surface area (Å²) in [5.74, 6) is -2.72. The maximum absolute atomic E-state index is 13.5. The number of ether oxygens (including phenoxy) is 1. The van der Waals surface area contributed by atoms with E-state index >= 15 is 0 Å². The standard InChI is InChI=1S/C11H13FN2O6/c1-20-5-6(4-15)13-9-3-8(12)7(11(16)17)2-10(9)14(18)19/h2-3,6,13,15H,4-5H2,1H3,(H,16,17). The first kappa shape index (κ1) is 15.8. The first-order valence-electron chi connectivity index (χ1n) is 5.48. The molecule has 9 heteroatoms. The molecule has 0 saturated heterocycles. The molecule has 1 unspecified atom stereocenters. The minimum atomic E-state index is -1.60. The average molecular weight is 288 g/mol. The molecule has 0 bridgehead atoms. The molecular formula is C11H13FN2O6. The van der Waals surface area contributed by atoms with Crippen molar-refractivity contribution in [3.8, 4) is 0 Å². The van der Waals surface area contributed by atoms with Gasteiger partial charge in [-0.15, -0.1) is 0 Å². The van der Waals surface area contributed by atoms with Crippen molar-refractivity contribution in [1.29, 1.82) is 0 Å². The molecule has 0 saturated carbocycles. The Balaban J connectivity index is 3.21. The summed E-state index contributed by atoms with van der Waals surface area (Å²) in [6.45, 7) is -0.358. The van der Waals surface area contributed by atoms with Crippen molar-refractivity contribution >= 4 is 17.3 Å². The zero-order valence-electron chi connectivity index (χ0n) is 10.5. The van der Waals surface area contributed by atoms with Gasteiger partial charge in [0, 0.05) is 19.2 Å². The topological polar surface area (TPSA) is 122 Å². The monoisotopic (exact) mass is 288 g/mol. The molecule has 1 aromatic rings. The van der Waals surface area contributed by atoms with E-state index in [-0.39, 0.29) is 12.3 Å². The molecule has 8 nitrogen and oxygen atoms in total. The molecule has 0 amide bonds. The van der Waals surface area contributed by atoms with Crippen LogP contribution in [0.2, 0.25) is 0 Å². The number of carbonyl (C=O) groups is 1. The normalized spacial score (nSPS) is 11.9. The smallest absolute Gasteiger partial charge is 0.338 e. The Hall–Kier alpha value is -2.26. The number of halogens is 1. The molecule has 110 valence electrons. The van der Waals surface area contributed by atoms with Crippen LogP contribution in [0, 0.1) is 15.9 Å². The lowest BCUT2D eigenvalue weighted by molar-refractivity contribution is -0.384. The summed E-state index contributed by atoms with van der Waals surface area (Å²) >= 11 is 0. The second-order valence-electron chi connectivity index (χ2n) is 3.89. The number of hydrogen-bond acceptors (Lipinski definition) is 6. The number of nitro groups is 1. The van der Waals surface area contributed by atoms with Gasteiger partial charge in [0.1, 0.15) is 17.1 Å². The largest absolute Gasteiger partial charge is 0.478 e. The number of rotatable bonds is 7. The molecule has 1 rings (SSSR count). The van der Waals surface area contributed by atoms with E-state index in [1.807, 2.05) is 0 Å². The Bertz CT molecular complexity index is 522. The summed E-state index contributed by atoms with van der Waals surface area (Å²) in [5, 5.41) is 31.2. The van der Waals surface area contributed by atoms with Crippen LogP contribution in [0.25, 0.3) is 0 Å². The minimum Gasteiger partial charge on any atom is -0.478 e. The van der Waals surface area contributed by atoms with Crippen molar-refractivity contribution < 1.29 is 29.1 Å². The van der Waals surface area contributed by atoms with E-state index in [2.05, 4.69) is 5.32 Å². The average Bonchev–Trinajstić information content (AvgIpc) is 2.37. The molecule has 0 spiro atoms. The molecule has 0 aromatic heterocycles. The SMILES string of the molecule is COCC(CO)Nc1cc(F)c(C(=O)O)cc1[N+](=O)[O-]. The van der Waals surface area contributed by atoms with Crippen LogP contribution in [0.4, 0.5) is 15.8 Å². The van der Waals surface area contributed by atoms with Gasteiger partial charge in [0.15, 0.2) is 0 Å². The predicted molar refractivity (Wildman–Crippen MR) is 66.4 cm³/mol. The first-order chi connectivity index (χ1) is 9.40. The molecule has 20 heavy (non-hydrogen) atoms. The number of aliphatic hydroxyl groups excluding tert-OH is 1. The maximum atomic E-state index is 13.5. The number of carboxylic acid groups (broad SMARTS) is 1. The third kappa shape index (κ3) is 3.62. The van der Waals surface area contributed by atoms with Crippen LogP contribution in [-0.4, -0.2) is 47.5 Å². The molecule has 0 radical (unpaired) electrons. The van der Waals surface area contributed by atoms with Crippen LogP contribution >= 0.6 is 0 Å². The number of nitro benzene ring substituents is 1. The van der Waals surface area contributed by atoms with E-state index in [9.17, 15) is 19.3 Å². The van der Waals surface area contributed by atoms with Gasteiger partial charge >= 0.3 is 5.97 Å². The quantitative estimate of drug-likeness (QED) is 0.502. The highest BCUT2D eigenvalue weighted by Crippen LogP contribution is 2.28. The molecule has 1 aromatic carbocycles. The second kappa shape index (κ2) is 6.78. The lowest BCUT2D eigenvalue weighted by atomic mass is 10.1. The lowest BCUT2D eigenvalue weighted by Crippen LogP contribution is -2.29. The van der Waals surface area contributed by atoms with Crippen LogP contribution in [0.5, 0.6) is 0 Å². The Morgan fingerprint density at radius 3 is 2.70 bits per heavy atom. The van der Waals surface area contributed by atoms with Crippen molar-refractivity contribution in [1.82, 2.24) is 0 Å². The maximum Gasteiger partial charge on any atom is 0.338 e. The Morgan fingerprint density at radius 2 is 2.25 bits per heavy atom. The van der Waals surface area contributed by atoms with Crippen LogP contribution < -0.4 is 5.32 Å². The number of carboxylic acids is 1. The highest BCUT2D eigenvalue weighted by atomic mass is 19.1. The molecule has 0 fully saturated rings. The lowest BCUT2D eigenvalue weighted by Gasteiger charge is -2.16. The molecule has 3 N–H and O–H groups in total. The van der Waals surface area contributed by atoms with Crippen molar-refractivity contribution in [2.75, 3.05) is 25.6 Å². The van der Waals surface area contributed by atoms with Gasteiger partial charge in [-0.05, 0) is 0 Å². The van der Waals surface area contributed by atoms with Crippen LogP contribution in [0.15, 0.2) is 12.1 Å². The fraction of sp³-hybridized carbons (Fsp3) is 0.364. The Kier molecular flexibility index (Phi) is 5.35. The summed E-state index contributed by atoms with van der Waals surface area (Å²) < 4.78 is 18.3. The van der Waals surface area contributed by atoms with Gasteiger partial charge in [-0.25, -0.2) is 9.18 Å². The summed E-state index contributed by atoms with van der Waals surface area (Å²) in [6.07, 6.45) is 0. The first-order valence-corrected chi connectivity index (χ1v) is 5.48. The van der Waals surface area contributed by atoms with Crippen LogP contribution in [-0.2, 0) is 4.74 Å². The fourth-order valence-corrected chi connectivity index (χ4v) is 1.55. The Morgan fingerprint density at radius 1 is 1.60 bits per heavy atom. The Labute approximate surface area is 112 Å². The van der Waals surface area contributed by atoms with Crippen LogP contribution in [0.3, 0.4) is 0 Å². The van der Waals surface area contributed by atoms with Crippen molar-refractivity contribution in [2.45, 2.75) is 6.04 Å². The third-order valence-corrected chi connectivity index (χ3v) is 2.46. The van der Waals surface area contributed by atoms with Gasteiger partial charge in [0.2, 0.25) is 0 Å². The molecule has 0 heterocycles. The van der Waals surface area contributed by atoms with Gasteiger partial charge in [-0.3, -0.25) is 10.1 Å². The molecular weight excluding hydrogens is 275 g/mol. The fourth-order valence-electron chi connectivity index (χ4n) is 1.55. The number of aromatic carboxylic acids is 1. The molecule has 0 aliphatic heterocycles. The zero-order chi connectivity index (χ0) is 15.3. The number of anilines is 1. The second-order valence-corrected chi connectivity index (χ2v) is 3.89. The summed E-state index contributed by atoms with van der Waals surface area (Å²) in [7, 11) is 1.37. The zero-order valence-corrected chi connectivity index (χ0v) is 10.5. The van der Waals surface area contributed by atoms with Crippen LogP contribution in [0.1, 0.15) is 10.4 Å². The van der Waals surface area contributed by atoms with E-state index in [0.717, 1.165) is 0 Å². The number of nitrogens with zero attached hydrogens (tertiary/aromatic N) is 1. The van der Waals surface area contributed by atoms with Crippen molar-refractivity contribution in [3.05, 3.63) is 33.6 Å². The summed E-state index contributed by atoms with van der Waals surface area (Å²) in [6, 6.07) is 0.648. The van der Waals surface area contributed by atoms with E-state index in [1.54, 1.807) is 0 Å². The number of benzene rings is 1. The summed E-state index contributed by atoms with van der Waals surface area (Å²) in [4.78, 5) is 20.8. The molecule has 0 aliphatic carbocycles. The number of methoxy groups -OCH3 is 1. The highest BCUT2D eigenvalue weighted by molar-refractivity contribution is 5.90. The van der Waals surface area contributed by atoms with Gasteiger partial charge in [-0.1, -0.05) is 0 Å². The number of hydrogen-bond donors (Lipinski definition) is 3. The van der Waals surface area contributed by atoms with Gasteiger partial charge in [0.05, 0.1) is 24.2 Å². The van der Waals surface area contributed by atoms with Crippen molar-refractivity contribution in [3.63, 3.8) is 0 Å². The van der Waals surface area contributed by atoms with E-state index in [1.165, 1.54) is 7.11 Å². The number of nitrogens with one attached hydrogen (secondary N) is 1. The van der Waals surface area contributed by atoms with Crippen molar-refractivity contribution in [2.24, 2.45) is 0 Å². The predicted octanol–water partition coefficient (Wildman–Crippen LogP) is 0.851. The number of aliphatic hydroxyl groups is 1.